The molecule has 1 rings (SSSR count). The van der Waals surface area contributed by atoms with E-state index in [-0.39, 0.29) is 18.4 Å². The number of quaternary nitrogens is 1. The van der Waals surface area contributed by atoms with Gasteiger partial charge in [-0.25, -0.2) is 10.4 Å². The number of hydrogen-bond acceptors (Lipinski definition) is 4. The summed E-state index contributed by atoms with van der Waals surface area (Å²) in [5.74, 6) is -1.10. The molecular weight excluding hydrogens is 164 g/mol. The second-order valence-electron chi connectivity index (χ2n) is 3.12. The smallest absolute Gasteiger partial charge is 0.320 e. The first-order chi connectivity index (χ1) is 5.52. The first-order valence-electron chi connectivity index (χ1n) is 3.73. The van der Waals surface area contributed by atoms with Crippen molar-refractivity contribution < 1.29 is 20.3 Å². The zero-order valence-corrected chi connectivity index (χ0v) is 6.43. The van der Waals surface area contributed by atoms with Crippen molar-refractivity contribution in [2.24, 2.45) is 11.7 Å². The normalized spacial score (nSPS) is 32.6. The Morgan fingerprint density at radius 2 is 2.42 bits per heavy atom. The number of carboxylic acid groups (broad SMARTS) is 1. The Hall–Kier alpha value is -0.690. The zero-order valence-electron chi connectivity index (χ0n) is 6.43. The summed E-state index contributed by atoms with van der Waals surface area (Å²) in [7, 11) is 0. The number of aliphatic carboxylic acids is 1. The van der Waals surface area contributed by atoms with Gasteiger partial charge in [0.2, 0.25) is 0 Å². The summed E-state index contributed by atoms with van der Waals surface area (Å²) in [5, 5.41) is 26.4. The maximum Gasteiger partial charge on any atom is 0.320 e. The lowest BCUT2D eigenvalue weighted by Gasteiger charge is -2.12. The molecule has 0 aliphatic heterocycles. The van der Waals surface area contributed by atoms with E-state index in [0.717, 1.165) is 0 Å². The van der Waals surface area contributed by atoms with E-state index in [1.807, 2.05) is 0 Å². The number of nitrogens with two attached hydrogens (primary N) is 1. The minimum atomic E-state index is -1.06. The number of carbonyl (C=O) groups is 1. The minimum Gasteiger partial charge on any atom is -0.600 e. The molecule has 1 saturated carbocycles. The standard InChI is InChI=1S/C6H12N2O4/c7-4(6(9)10)1-3-2-5(3)8(11)12/h3-5,8,11H,1-2,7H2,(H,9,10)/t3?,4-,5?/m0/s1. The van der Waals surface area contributed by atoms with Crippen molar-refractivity contribution in [3.63, 3.8) is 0 Å². The van der Waals surface area contributed by atoms with Gasteiger partial charge in [-0.05, 0) is 6.42 Å². The minimum absolute atomic E-state index is 0.0337. The second kappa shape index (κ2) is 3.36. The van der Waals surface area contributed by atoms with E-state index in [0.29, 0.717) is 6.42 Å². The molecule has 0 radical (unpaired) electrons. The van der Waals surface area contributed by atoms with Crippen LogP contribution in [0.25, 0.3) is 0 Å². The molecule has 0 aromatic carbocycles. The molecule has 6 nitrogen and oxygen atoms in total. The Kier molecular flexibility index (Phi) is 2.63. The Labute approximate surface area is 69.1 Å². The van der Waals surface area contributed by atoms with Crippen molar-refractivity contribution >= 4 is 5.97 Å². The van der Waals surface area contributed by atoms with E-state index < -0.39 is 17.2 Å². The first-order valence-corrected chi connectivity index (χ1v) is 3.73. The van der Waals surface area contributed by atoms with E-state index in [1.54, 1.807) is 0 Å². The molecular formula is C6H12N2O4. The van der Waals surface area contributed by atoms with Crippen LogP contribution < -0.4 is 11.0 Å². The van der Waals surface area contributed by atoms with Gasteiger partial charge < -0.3 is 16.0 Å². The fraction of sp³-hybridized carbons (Fsp3) is 0.833. The highest BCUT2D eigenvalue weighted by molar-refractivity contribution is 5.73. The average molecular weight is 176 g/mol. The lowest BCUT2D eigenvalue weighted by atomic mass is 10.1. The summed E-state index contributed by atoms with van der Waals surface area (Å²) >= 11 is 0. The summed E-state index contributed by atoms with van der Waals surface area (Å²) in [5.41, 5.74) is 5.23. The highest BCUT2D eigenvalue weighted by Gasteiger charge is 2.45. The summed E-state index contributed by atoms with van der Waals surface area (Å²) in [6, 6.07) is -1.28. The number of rotatable bonds is 4. The van der Waals surface area contributed by atoms with Gasteiger partial charge in [-0.3, -0.25) is 4.79 Å². The Morgan fingerprint density at radius 3 is 2.75 bits per heavy atom. The van der Waals surface area contributed by atoms with Crippen LogP contribution in [0.1, 0.15) is 12.8 Å². The average Bonchev–Trinajstić information content (AvgIpc) is 2.67. The van der Waals surface area contributed by atoms with Crippen molar-refractivity contribution in [2.75, 3.05) is 0 Å². The third-order valence-electron chi connectivity index (χ3n) is 2.11. The number of nitrogens with one attached hydrogen (secondary N) is 1. The maximum absolute atomic E-state index is 10.3. The summed E-state index contributed by atoms with van der Waals surface area (Å²) < 4.78 is 0. The van der Waals surface area contributed by atoms with Crippen LogP contribution in [0.3, 0.4) is 0 Å². The van der Waals surface area contributed by atoms with Crippen LogP contribution in [0.2, 0.25) is 0 Å². The van der Waals surface area contributed by atoms with Gasteiger partial charge in [0.25, 0.3) is 0 Å². The van der Waals surface area contributed by atoms with Gasteiger partial charge in [-0.2, -0.15) is 0 Å². The summed E-state index contributed by atoms with van der Waals surface area (Å²) in [4.78, 5) is 10.3. The second-order valence-corrected chi connectivity index (χ2v) is 3.12. The largest absolute Gasteiger partial charge is 0.600 e. The maximum atomic E-state index is 10.3. The van der Waals surface area contributed by atoms with Crippen molar-refractivity contribution in [1.29, 1.82) is 0 Å². The van der Waals surface area contributed by atoms with Crippen LogP contribution in [0.4, 0.5) is 0 Å². The Bertz CT molecular complexity index is 184. The summed E-state index contributed by atoms with van der Waals surface area (Å²) in [6.45, 7) is 0. The monoisotopic (exact) mass is 176 g/mol. The zero-order chi connectivity index (χ0) is 9.30. The molecule has 6 heteroatoms. The molecule has 0 amide bonds. The number of hydrogen-bond donors (Lipinski definition) is 4. The predicted molar refractivity (Wildman–Crippen MR) is 38.2 cm³/mol. The van der Waals surface area contributed by atoms with Crippen molar-refractivity contribution in [1.82, 2.24) is 0 Å². The number of carboxylic acids is 1. The van der Waals surface area contributed by atoms with Gasteiger partial charge in [0.05, 0.1) is 0 Å². The van der Waals surface area contributed by atoms with Crippen LogP contribution in [0.5, 0.6) is 0 Å². The van der Waals surface area contributed by atoms with Gasteiger partial charge in [0, 0.05) is 12.3 Å². The van der Waals surface area contributed by atoms with Crippen molar-refractivity contribution in [3.8, 4) is 0 Å². The van der Waals surface area contributed by atoms with Crippen LogP contribution in [0, 0.1) is 11.1 Å². The molecule has 4 atom stereocenters. The third kappa shape index (κ3) is 2.15. The molecule has 0 spiro atoms. The molecule has 3 unspecified atom stereocenters. The van der Waals surface area contributed by atoms with Gasteiger partial charge in [0.15, 0.2) is 0 Å². The molecule has 0 bridgehead atoms. The van der Waals surface area contributed by atoms with Crippen LogP contribution in [-0.2, 0) is 4.79 Å². The van der Waals surface area contributed by atoms with Crippen LogP contribution in [-0.4, -0.2) is 28.4 Å². The highest BCUT2D eigenvalue weighted by Crippen LogP contribution is 2.31. The van der Waals surface area contributed by atoms with E-state index in [1.165, 1.54) is 0 Å². The van der Waals surface area contributed by atoms with Gasteiger partial charge in [0.1, 0.15) is 12.1 Å². The topological polar surface area (TPSA) is 111 Å². The molecule has 70 valence electrons. The summed E-state index contributed by atoms with van der Waals surface area (Å²) in [6.07, 6.45) is 0.836. The van der Waals surface area contributed by atoms with E-state index in [2.05, 4.69) is 0 Å². The SMILES string of the molecule is N[C@@H](CC1CC1[NH+]([O-])O)C(=O)O. The fourth-order valence-electron chi connectivity index (χ4n) is 1.24. The van der Waals surface area contributed by atoms with Gasteiger partial charge in [-0.15, -0.1) is 0 Å². The Morgan fingerprint density at radius 1 is 1.83 bits per heavy atom. The van der Waals surface area contributed by atoms with Crippen molar-refractivity contribution in [2.45, 2.75) is 24.9 Å². The van der Waals surface area contributed by atoms with E-state index >= 15 is 0 Å². The number of hydroxylamine groups is 2. The highest BCUT2D eigenvalue weighted by atomic mass is 16.8. The molecule has 1 fully saturated rings. The van der Waals surface area contributed by atoms with Crippen LogP contribution in [0.15, 0.2) is 0 Å². The quantitative estimate of drug-likeness (QED) is 0.368. The molecule has 1 aliphatic carbocycles. The predicted octanol–water partition coefficient (Wildman–Crippen LogP) is -2.05. The Balaban J connectivity index is 2.23. The van der Waals surface area contributed by atoms with Crippen molar-refractivity contribution in [3.05, 3.63) is 5.21 Å². The molecule has 1 aliphatic rings. The molecule has 0 heterocycles. The third-order valence-corrected chi connectivity index (χ3v) is 2.11. The molecule has 0 aromatic rings. The lowest BCUT2D eigenvalue weighted by molar-refractivity contribution is -1.06. The fourth-order valence-corrected chi connectivity index (χ4v) is 1.24. The van der Waals surface area contributed by atoms with E-state index in [9.17, 15) is 10.0 Å². The molecule has 12 heavy (non-hydrogen) atoms. The molecule has 0 aromatic heterocycles. The van der Waals surface area contributed by atoms with Gasteiger partial charge >= 0.3 is 5.97 Å². The first kappa shape index (κ1) is 9.40. The van der Waals surface area contributed by atoms with Crippen LogP contribution >= 0.6 is 0 Å². The van der Waals surface area contributed by atoms with Gasteiger partial charge in [-0.1, -0.05) is 0 Å². The molecule has 5 N–H and O–H groups in total. The van der Waals surface area contributed by atoms with E-state index in [4.69, 9.17) is 16.0 Å². The molecule has 0 saturated heterocycles. The lowest BCUT2D eigenvalue weighted by Crippen LogP contribution is -3.06.